The molecule has 4 nitrogen and oxygen atoms in total. The van der Waals surface area contributed by atoms with Gasteiger partial charge in [0.25, 0.3) is 0 Å². The normalized spacial score (nSPS) is 11.3. The summed E-state index contributed by atoms with van der Waals surface area (Å²) in [6.45, 7) is 0. The topological polar surface area (TPSA) is 50.4 Å². The first-order valence-corrected chi connectivity index (χ1v) is 8.29. The monoisotopic (exact) mass is 414 g/mol. The van der Waals surface area contributed by atoms with Crippen molar-refractivity contribution in [3.8, 4) is 5.75 Å². The number of rotatable bonds is 4. The minimum Gasteiger partial charge on any atom is -0.496 e. The third-order valence-electron chi connectivity index (χ3n) is 3.33. The van der Waals surface area contributed by atoms with Gasteiger partial charge in [-0.25, -0.2) is 0 Å². The van der Waals surface area contributed by atoms with E-state index in [0.717, 1.165) is 18.2 Å². The number of halogens is 4. The zero-order valence-corrected chi connectivity index (χ0v) is 15.5. The summed E-state index contributed by atoms with van der Waals surface area (Å²) in [7, 11) is 1.50. The van der Waals surface area contributed by atoms with Crippen LogP contribution in [0.5, 0.6) is 5.75 Å². The van der Waals surface area contributed by atoms with Crippen LogP contribution in [0.4, 0.5) is 18.9 Å². The number of carbonyl (C=O) groups is 1. The third kappa shape index (κ3) is 5.97. The highest BCUT2D eigenvalue weighted by Gasteiger charge is 2.31. The molecule has 0 bridgehead atoms. The van der Waals surface area contributed by atoms with E-state index in [0.29, 0.717) is 11.3 Å². The number of benzene rings is 2. The fourth-order valence-electron chi connectivity index (χ4n) is 2.07. The van der Waals surface area contributed by atoms with E-state index in [-0.39, 0.29) is 15.8 Å². The Morgan fingerprint density at radius 2 is 1.93 bits per heavy atom. The number of methoxy groups -OCH3 is 1. The molecule has 0 fully saturated rings. The Morgan fingerprint density at radius 3 is 2.59 bits per heavy atom. The van der Waals surface area contributed by atoms with Gasteiger partial charge in [0.05, 0.1) is 23.4 Å². The van der Waals surface area contributed by atoms with Gasteiger partial charge in [-0.3, -0.25) is 10.1 Å². The van der Waals surface area contributed by atoms with Gasteiger partial charge < -0.3 is 10.1 Å². The number of anilines is 1. The first kappa shape index (κ1) is 20.7. The van der Waals surface area contributed by atoms with Crippen molar-refractivity contribution in [1.82, 2.24) is 5.32 Å². The predicted octanol–water partition coefficient (Wildman–Crippen LogP) is 4.89. The zero-order valence-electron chi connectivity index (χ0n) is 13.9. The van der Waals surface area contributed by atoms with Crippen LogP contribution in [-0.4, -0.2) is 18.1 Å². The predicted molar refractivity (Wildman–Crippen MR) is 103 cm³/mol. The number of hydrogen-bond acceptors (Lipinski definition) is 3. The molecule has 0 spiro atoms. The van der Waals surface area contributed by atoms with Crippen LogP contribution in [0.15, 0.2) is 48.5 Å². The molecule has 0 aromatic heterocycles. The van der Waals surface area contributed by atoms with Crippen LogP contribution < -0.4 is 15.4 Å². The number of amides is 1. The van der Waals surface area contributed by atoms with E-state index in [2.05, 4.69) is 10.6 Å². The van der Waals surface area contributed by atoms with Gasteiger partial charge in [0.1, 0.15) is 5.75 Å². The maximum absolute atomic E-state index is 12.8. The summed E-state index contributed by atoms with van der Waals surface area (Å²) < 4.78 is 43.5. The Morgan fingerprint density at radius 1 is 1.22 bits per heavy atom. The number of carbonyl (C=O) groups excluding carboxylic acids is 1. The average molecular weight is 415 g/mol. The highest BCUT2D eigenvalue weighted by molar-refractivity contribution is 7.80. The van der Waals surface area contributed by atoms with E-state index in [1.54, 1.807) is 24.3 Å². The second-order valence-electron chi connectivity index (χ2n) is 5.21. The van der Waals surface area contributed by atoms with E-state index in [4.69, 9.17) is 28.6 Å². The van der Waals surface area contributed by atoms with Crippen LogP contribution in [0.2, 0.25) is 5.02 Å². The van der Waals surface area contributed by atoms with Crippen molar-refractivity contribution in [1.29, 1.82) is 0 Å². The molecule has 0 aliphatic rings. The van der Waals surface area contributed by atoms with E-state index >= 15 is 0 Å². The van der Waals surface area contributed by atoms with Crippen LogP contribution in [0.3, 0.4) is 0 Å². The van der Waals surface area contributed by atoms with Gasteiger partial charge in [-0.05, 0) is 42.6 Å². The second-order valence-corrected chi connectivity index (χ2v) is 6.03. The third-order valence-corrected chi connectivity index (χ3v) is 3.87. The van der Waals surface area contributed by atoms with Crippen molar-refractivity contribution in [3.05, 3.63) is 64.7 Å². The standard InChI is InChI=1S/C18H14ClF3N2O2S/c1-26-15-5-3-2-4-11(15)6-9-16(25)24-17(27)23-14-10-12(18(20,21)22)7-8-13(14)19/h2-10H,1H3,(H2,23,24,25,27)/b9-6+. The Balaban J connectivity index is 2.03. The Hall–Kier alpha value is -2.58. The van der Waals surface area contributed by atoms with E-state index < -0.39 is 17.6 Å². The van der Waals surface area contributed by atoms with Crippen molar-refractivity contribution in [2.75, 3.05) is 12.4 Å². The van der Waals surface area contributed by atoms with E-state index in [9.17, 15) is 18.0 Å². The number of ether oxygens (including phenoxy) is 1. The van der Waals surface area contributed by atoms with Gasteiger partial charge in [0.15, 0.2) is 5.11 Å². The number of hydrogen-bond donors (Lipinski definition) is 2. The molecule has 2 N–H and O–H groups in total. The number of thiocarbonyl (C=S) groups is 1. The Kier molecular flexibility index (Phi) is 6.81. The summed E-state index contributed by atoms with van der Waals surface area (Å²) in [5.74, 6) is 0.0134. The molecule has 0 saturated carbocycles. The lowest BCUT2D eigenvalue weighted by atomic mass is 10.2. The molecule has 0 heterocycles. The van der Waals surface area contributed by atoms with Crippen LogP contribution in [0.1, 0.15) is 11.1 Å². The van der Waals surface area contributed by atoms with E-state index in [1.807, 2.05) is 0 Å². The highest BCUT2D eigenvalue weighted by atomic mass is 35.5. The van der Waals surface area contributed by atoms with Crippen molar-refractivity contribution < 1.29 is 22.7 Å². The lowest BCUT2D eigenvalue weighted by molar-refractivity contribution is -0.137. The molecular formula is C18H14ClF3N2O2S. The van der Waals surface area contributed by atoms with Crippen molar-refractivity contribution in [2.24, 2.45) is 0 Å². The molecule has 2 aromatic carbocycles. The van der Waals surface area contributed by atoms with Gasteiger partial charge in [-0.15, -0.1) is 0 Å². The molecule has 0 atom stereocenters. The summed E-state index contributed by atoms with van der Waals surface area (Å²) >= 11 is 10.8. The van der Waals surface area contributed by atoms with Crippen LogP contribution in [0.25, 0.3) is 6.08 Å². The summed E-state index contributed by atoms with van der Waals surface area (Å²) in [4.78, 5) is 11.9. The molecule has 0 aliphatic heterocycles. The highest BCUT2D eigenvalue weighted by Crippen LogP contribution is 2.33. The maximum Gasteiger partial charge on any atom is 0.416 e. The number of alkyl halides is 3. The zero-order chi connectivity index (χ0) is 20.0. The largest absolute Gasteiger partial charge is 0.496 e. The average Bonchev–Trinajstić information content (AvgIpc) is 2.61. The van der Waals surface area contributed by atoms with Crippen LogP contribution >= 0.6 is 23.8 Å². The Bertz CT molecular complexity index is 885. The fraction of sp³-hybridized carbons (Fsp3) is 0.111. The summed E-state index contributed by atoms with van der Waals surface area (Å²) in [5.41, 5.74) is -0.278. The van der Waals surface area contributed by atoms with Crippen LogP contribution in [-0.2, 0) is 11.0 Å². The van der Waals surface area contributed by atoms with Crippen molar-refractivity contribution >= 4 is 46.6 Å². The smallest absolute Gasteiger partial charge is 0.416 e. The molecule has 0 radical (unpaired) electrons. The van der Waals surface area contributed by atoms with Gasteiger partial charge in [-0.1, -0.05) is 29.8 Å². The molecule has 27 heavy (non-hydrogen) atoms. The first-order chi connectivity index (χ1) is 12.7. The lowest BCUT2D eigenvalue weighted by Crippen LogP contribution is -2.33. The summed E-state index contributed by atoms with van der Waals surface area (Å²) in [6, 6.07) is 9.81. The molecule has 2 rings (SSSR count). The van der Waals surface area contributed by atoms with Gasteiger partial charge in [0, 0.05) is 11.6 Å². The van der Waals surface area contributed by atoms with Gasteiger partial charge in [-0.2, -0.15) is 13.2 Å². The van der Waals surface area contributed by atoms with Crippen molar-refractivity contribution in [2.45, 2.75) is 6.18 Å². The molecular weight excluding hydrogens is 401 g/mol. The molecule has 0 saturated heterocycles. The van der Waals surface area contributed by atoms with Gasteiger partial charge >= 0.3 is 6.18 Å². The van der Waals surface area contributed by atoms with Crippen molar-refractivity contribution in [3.63, 3.8) is 0 Å². The lowest BCUT2D eigenvalue weighted by Gasteiger charge is -2.13. The number of nitrogens with one attached hydrogen (secondary N) is 2. The van der Waals surface area contributed by atoms with Gasteiger partial charge in [0.2, 0.25) is 5.91 Å². The molecule has 0 unspecified atom stereocenters. The maximum atomic E-state index is 12.8. The summed E-state index contributed by atoms with van der Waals surface area (Å²) in [5, 5.41) is 4.66. The molecule has 142 valence electrons. The fourth-order valence-corrected chi connectivity index (χ4v) is 2.45. The molecule has 1 amide bonds. The SMILES string of the molecule is COc1ccccc1/C=C/C(=O)NC(=S)Nc1cc(C(F)(F)F)ccc1Cl. The number of para-hydroxylation sites is 1. The Labute approximate surface area is 164 Å². The quantitative estimate of drug-likeness (QED) is 0.552. The minimum atomic E-state index is -4.52. The van der Waals surface area contributed by atoms with Crippen LogP contribution in [0, 0.1) is 0 Å². The second kappa shape index (κ2) is 8.88. The van der Waals surface area contributed by atoms with E-state index in [1.165, 1.54) is 19.3 Å². The summed E-state index contributed by atoms with van der Waals surface area (Å²) in [6.07, 6.45) is -1.78. The minimum absolute atomic E-state index is 0.0316. The molecule has 2 aromatic rings. The molecule has 0 aliphatic carbocycles. The first-order valence-electron chi connectivity index (χ1n) is 7.50. The molecule has 9 heteroatoms.